The summed E-state index contributed by atoms with van der Waals surface area (Å²) in [5.41, 5.74) is 0.361. The molecule has 1 aliphatic heterocycles. The molecule has 0 aromatic rings. The van der Waals surface area contributed by atoms with Crippen LogP contribution in [0.2, 0.25) is 0 Å². The van der Waals surface area contributed by atoms with Crippen molar-refractivity contribution in [1.82, 2.24) is 8.61 Å². The summed E-state index contributed by atoms with van der Waals surface area (Å²) in [7, 11) is -1.55. The zero-order valence-electron chi connectivity index (χ0n) is 13.5. The topological polar surface area (TPSA) is 40.6 Å². The predicted molar refractivity (Wildman–Crippen MR) is 87.7 cm³/mol. The molecule has 0 aromatic carbocycles. The van der Waals surface area contributed by atoms with Gasteiger partial charge in [0.2, 0.25) is 0 Å². The van der Waals surface area contributed by atoms with Gasteiger partial charge in [0.15, 0.2) is 0 Å². The van der Waals surface area contributed by atoms with Crippen LogP contribution in [0.25, 0.3) is 0 Å². The molecule has 1 aliphatic carbocycles. The molecule has 0 atom stereocenters. The molecule has 0 N–H and O–H groups in total. The molecule has 2 fully saturated rings. The van der Waals surface area contributed by atoms with Crippen LogP contribution in [-0.2, 0) is 10.2 Å². The molecule has 2 rings (SSSR count). The molecule has 0 spiro atoms. The Balaban J connectivity index is 1.96. The number of nitrogens with zero attached hydrogens (tertiary/aromatic N) is 2. The minimum atomic E-state index is -3.31. The molecule has 0 aromatic heterocycles. The Morgan fingerprint density at radius 1 is 1.14 bits per heavy atom. The van der Waals surface area contributed by atoms with E-state index in [2.05, 4.69) is 13.8 Å². The highest BCUT2D eigenvalue weighted by molar-refractivity contribution is 7.86. The molecule has 1 saturated heterocycles. The first-order valence-corrected chi connectivity index (χ1v) is 9.98. The Morgan fingerprint density at radius 2 is 1.67 bits per heavy atom. The van der Waals surface area contributed by atoms with Gasteiger partial charge in [-0.05, 0) is 49.9 Å². The van der Waals surface area contributed by atoms with Gasteiger partial charge in [-0.25, -0.2) is 0 Å². The Morgan fingerprint density at radius 3 is 2.14 bits per heavy atom. The van der Waals surface area contributed by atoms with E-state index < -0.39 is 10.2 Å². The maximum atomic E-state index is 12.8. The predicted octanol–water partition coefficient (Wildman–Crippen LogP) is 3.08. The van der Waals surface area contributed by atoms with Crippen molar-refractivity contribution in [2.45, 2.75) is 58.4 Å². The van der Waals surface area contributed by atoms with Crippen molar-refractivity contribution < 1.29 is 8.42 Å². The van der Waals surface area contributed by atoms with Crippen LogP contribution in [0.1, 0.15) is 52.4 Å². The zero-order valence-corrected chi connectivity index (χ0v) is 15.1. The normalized spacial score (nSPS) is 26.3. The summed E-state index contributed by atoms with van der Waals surface area (Å²) in [6, 6.07) is 0.161. The lowest BCUT2D eigenvalue weighted by atomic mass is 9.76. The molecule has 0 unspecified atom stereocenters. The zero-order chi connectivity index (χ0) is 15.7. The molecule has 6 heteroatoms. The second-order valence-corrected chi connectivity index (χ2v) is 9.71. The molecular weight excluding hydrogens is 308 g/mol. The Bertz CT molecular complexity index is 435. The van der Waals surface area contributed by atoms with E-state index in [9.17, 15) is 8.42 Å². The van der Waals surface area contributed by atoms with Gasteiger partial charge in [-0.15, -0.1) is 11.6 Å². The minimum Gasteiger partial charge on any atom is -0.195 e. The summed E-state index contributed by atoms with van der Waals surface area (Å²) in [5.74, 6) is 1.11. The molecular formula is C15H29ClN2O2S. The molecule has 1 saturated carbocycles. The molecule has 4 nitrogen and oxygen atoms in total. The van der Waals surface area contributed by atoms with Gasteiger partial charge in [0, 0.05) is 32.1 Å². The van der Waals surface area contributed by atoms with Gasteiger partial charge in [0.25, 0.3) is 10.2 Å². The van der Waals surface area contributed by atoms with Gasteiger partial charge in [0.05, 0.1) is 0 Å². The van der Waals surface area contributed by atoms with Crippen LogP contribution in [0.3, 0.4) is 0 Å². The van der Waals surface area contributed by atoms with Crippen LogP contribution in [0.4, 0.5) is 0 Å². The standard InChI is InChI=1S/C15H29ClN2O2S/c1-15(2)8-4-14(5-9-15)17(3)21(19,20)18-10-6-13(12-16)7-11-18/h13-14H,4-12H2,1-3H3. The van der Waals surface area contributed by atoms with Crippen molar-refractivity contribution in [1.29, 1.82) is 0 Å². The van der Waals surface area contributed by atoms with Crippen LogP contribution in [-0.4, -0.2) is 49.1 Å². The lowest BCUT2D eigenvalue weighted by molar-refractivity contribution is 0.165. The summed E-state index contributed by atoms with van der Waals surface area (Å²) in [5, 5.41) is 0. The Hall–Kier alpha value is 0.160. The van der Waals surface area contributed by atoms with Gasteiger partial charge in [-0.3, -0.25) is 0 Å². The van der Waals surface area contributed by atoms with Gasteiger partial charge in [0.1, 0.15) is 0 Å². The lowest BCUT2D eigenvalue weighted by Gasteiger charge is -2.40. The second-order valence-electron chi connectivity index (χ2n) is 7.42. The van der Waals surface area contributed by atoms with E-state index in [-0.39, 0.29) is 6.04 Å². The summed E-state index contributed by atoms with van der Waals surface area (Å²) < 4.78 is 28.8. The molecule has 0 amide bonds. The van der Waals surface area contributed by atoms with E-state index in [1.165, 1.54) is 0 Å². The quantitative estimate of drug-likeness (QED) is 0.740. The number of hydrogen-bond donors (Lipinski definition) is 0. The number of rotatable bonds is 4. The molecule has 0 radical (unpaired) electrons. The molecule has 2 aliphatic rings. The highest BCUT2D eigenvalue weighted by Gasteiger charge is 2.37. The van der Waals surface area contributed by atoms with Crippen LogP contribution in [0.15, 0.2) is 0 Å². The first kappa shape index (κ1) is 17.5. The molecule has 1 heterocycles. The highest BCUT2D eigenvalue weighted by atomic mass is 35.5. The molecule has 21 heavy (non-hydrogen) atoms. The van der Waals surface area contributed by atoms with Crippen molar-refractivity contribution in [2.24, 2.45) is 11.3 Å². The van der Waals surface area contributed by atoms with Crippen molar-refractivity contribution >= 4 is 21.8 Å². The maximum absolute atomic E-state index is 12.8. The maximum Gasteiger partial charge on any atom is 0.281 e. The van der Waals surface area contributed by atoms with E-state index in [4.69, 9.17) is 11.6 Å². The van der Waals surface area contributed by atoms with Crippen molar-refractivity contribution in [3.63, 3.8) is 0 Å². The SMILES string of the molecule is CN(C1CCC(C)(C)CC1)S(=O)(=O)N1CCC(CCl)CC1. The van der Waals surface area contributed by atoms with Crippen LogP contribution in [0.5, 0.6) is 0 Å². The third-order valence-electron chi connectivity index (χ3n) is 5.30. The third-order valence-corrected chi connectivity index (χ3v) is 7.78. The van der Waals surface area contributed by atoms with Gasteiger partial charge >= 0.3 is 0 Å². The largest absolute Gasteiger partial charge is 0.281 e. The third kappa shape index (κ3) is 4.12. The summed E-state index contributed by atoms with van der Waals surface area (Å²) in [4.78, 5) is 0. The average molecular weight is 337 g/mol. The second kappa shape index (κ2) is 6.73. The van der Waals surface area contributed by atoms with Crippen LogP contribution in [0, 0.1) is 11.3 Å². The number of alkyl halides is 1. The Kier molecular flexibility index (Phi) is 5.61. The fourth-order valence-corrected chi connectivity index (χ4v) is 5.35. The fraction of sp³-hybridized carbons (Fsp3) is 1.00. The van der Waals surface area contributed by atoms with E-state index >= 15 is 0 Å². The Labute approximate surface area is 135 Å². The first-order valence-electron chi connectivity index (χ1n) is 8.05. The van der Waals surface area contributed by atoms with Crippen molar-refractivity contribution in [2.75, 3.05) is 26.0 Å². The fourth-order valence-electron chi connectivity index (χ4n) is 3.41. The van der Waals surface area contributed by atoms with Gasteiger partial charge in [-0.2, -0.15) is 17.0 Å². The highest BCUT2D eigenvalue weighted by Crippen LogP contribution is 2.37. The van der Waals surface area contributed by atoms with Crippen molar-refractivity contribution in [3.8, 4) is 0 Å². The molecule has 0 bridgehead atoms. The summed E-state index contributed by atoms with van der Waals surface area (Å²) in [6.07, 6.45) is 5.92. The first-order chi connectivity index (χ1) is 9.76. The van der Waals surface area contributed by atoms with Crippen molar-refractivity contribution in [3.05, 3.63) is 0 Å². The van der Waals surface area contributed by atoms with Gasteiger partial charge in [-0.1, -0.05) is 13.8 Å². The van der Waals surface area contributed by atoms with Gasteiger partial charge < -0.3 is 0 Å². The monoisotopic (exact) mass is 336 g/mol. The molecule has 124 valence electrons. The minimum absolute atomic E-state index is 0.161. The van der Waals surface area contributed by atoms with E-state index in [0.717, 1.165) is 38.5 Å². The number of hydrogen-bond acceptors (Lipinski definition) is 2. The van der Waals surface area contributed by atoms with Crippen LogP contribution < -0.4 is 0 Å². The van der Waals surface area contributed by atoms with E-state index in [1.54, 1.807) is 15.7 Å². The summed E-state index contributed by atoms with van der Waals surface area (Å²) >= 11 is 5.87. The van der Waals surface area contributed by atoms with E-state index in [0.29, 0.717) is 30.3 Å². The number of piperidine rings is 1. The summed E-state index contributed by atoms with van der Waals surface area (Å²) in [6.45, 7) is 5.77. The van der Waals surface area contributed by atoms with E-state index in [1.807, 2.05) is 0 Å². The van der Waals surface area contributed by atoms with Crippen LogP contribution >= 0.6 is 11.6 Å². The smallest absolute Gasteiger partial charge is 0.195 e. The lowest BCUT2D eigenvalue weighted by Crippen LogP contribution is -2.50. The average Bonchev–Trinajstić information content (AvgIpc) is 2.46. The number of halogens is 1.